The summed E-state index contributed by atoms with van der Waals surface area (Å²) < 4.78 is 19.0. The van der Waals surface area contributed by atoms with Crippen LogP contribution in [-0.2, 0) is 0 Å². The lowest BCUT2D eigenvalue weighted by molar-refractivity contribution is -0.385. The highest BCUT2D eigenvalue weighted by atomic mass is 79.9. The highest BCUT2D eigenvalue weighted by Crippen LogP contribution is 2.34. The van der Waals surface area contributed by atoms with Crippen LogP contribution in [0.3, 0.4) is 0 Å². The van der Waals surface area contributed by atoms with Crippen LogP contribution in [0, 0.1) is 15.9 Å². The van der Waals surface area contributed by atoms with E-state index < -0.39 is 23.1 Å². The first kappa shape index (κ1) is 15.1. The molecule has 0 aliphatic rings. The predicted molar refractivity (Wildman–Crippen MR) is 77.0 cm³/mol. The van der Waals surface area contributed by atoms with Crippen LogP contribution < -0.4 is 4.74 Å². The zero-order valence-electron chi connectivity index (χ0n) is 10.6. The molecule has 2 aromatic rings. The minimum Gasteiger partial charge on any atom is -0.478 e. The molecular weight excluding hydrogens is 345 g/mol. The van der Waals surface area contributed by atoms with Gasteiger partial charge in [0.2, 0.25) is 11.5 Å². The maximum absolute atomic E-state index is 13.5. The van der Waals surface area contributed by atoms with Gasteiger partial charge in [0.15, 0.2) is 6.61 Å². The van der Waals surface area contributed by atoms with Crippen molar-refractivity contribution in [1.82, 2.24) is 0 Å². The lowest BCUT2D eigenvalue weighted by Crippen LogP contribution is -2.14. The van der Waals surface area contributed by atoms with Crippen molar-refractivity contribution in [3.8, 4) is 5.75 Å². The Bertz CT molecular complexity index is 705. The molecule has 21 heavy (non-hydrogen) atoms. The highest BCUT2D eigenvalue weighted by molar-refractivity contribution is 9.10. The molecule has 2 rings (SSSR count). The van der Waals surface area contributed by atoms with Gasteiger partial charge in [-0.05, 0) is 34.1 Å². The Kier molecular flexibility index (Phi) is 4.64. The number of benzene rings is 2. The predicted octanol–water partition coefficient (Wildman–Crippen LogP) is 3.76. The smallest absolute Gasteiger partial charge is 0.312 e. The van der Waals surface area contributed by atoms with Crippen LogP contribution in [-0.4, -0.2) is 17.3 Å². The number of halogens is 2. The molecule has 0 aliphatic heterocycles. The first-order valence-electron chi connectivity index (χ1n) is 5.84. The zero-order valence-corrected chi connectivity index (χ0v) is 12.2. The zero-order chi connectivity index (χ0) is 15.4. The molecule has 0 atom stereocenters. The van der Waals surface area contributed by atoms with Gasteiger partial charge in [-0.15, -0.1) is 0 Å². The molecule has 0 radical (unpaired) electrons. The molecule has 0 amide bonds. The van der Waals surface area contributed by atoms with Crippen LogP contribution >= 0.6 is 15.9 Å². The number of hydrogen-bond acceptors (Lipinski definition) is 4. The maximum atomic E-state index is 13.5. The van der Waals surface area contributed by atoms with Gasteiger partial charge in [0, 0.05) is 6.07 Å². The van der Waals surface area contributed by atoms with Crippen LogP contribution in [0.4, 0.5) is 10.1 Å². The molecule has 0 saturated carbocycles. The van der Waals surface area contributed by atoms with E-state index >= 15 is 0 Å². The molecule has 108 valence electrons. The summed E-state index contributed by atoms with van der Waals surface area (Å²) in [6.45, 7) is -0.496. The molecule has 0 fully saturated rings. The van der Waals surface area contributed by atoms with Gasteiger partial charge in [-0.3, -0.25) is 14.9 Å². The number of Topliss-reactive ketones (excluding diaryl/α,β-unsaturated/α-hetero) is 1. The summed E-state index contributed by atoms with van der Waals surface area (Å²) in [5.41, 5.74) is -0.391. The number of para-hydroxylation sites is 1. The third-order valence-corrected chi connectivity index (χ3v) is 3.29. The van der Waals surface area contributed by atoms with E-state index in [1.54, 1.807) is 6.07 Å². The number of nitro groups is 1. The molecular formula is C14H9BrFNO4. The first-order chi connectivity index (χ1) is 10.0. The van der Waals surface area contributed by atoms with Gasteiger partial charge >= 0.3 is 5.69 Å². The number of carbonyl (C=O) groups is 1. The average Bonchev–Trinajstić information content (AvgIpc) is 2.45. The van der Waals surface area contributed by atoms with E-state index in [9.17, 15) is 19.3 Å². The van der Waals surface area contributed by atoms with Gasteiger partial charge in [0.25, 0.3) is 0 Å². The quantitative estimate of drug-likeness (QED) is 0.466. The van der Waals surface area contributed by atoms with Gasteiger partial charge in [-0.1, -0.05) is 18.2 Å². The third-order valence-electron chi connectivity index (χ3n) is 2.66. The fourth-order valence-corrected chi connectivity index (χ4v) is 2.16. The van der Waals surface area contributed by atoms with Gasteiger partial charge in [-0.2, -0.15) is 0 Å². The van der Waals surface area contributed by atoms with Crippen LogP contribution in [0.25, 0.3) is 0 Å². The molecule has 0 unspecified atom stereocenters. The van der Waals surface area contributed by atoms with Crippen molar-refractivity contribution >= 4 is 27.4 Å². The topological polar surface area (TPSA) is 69.4 Å². The van der Waals surface area contributed by atoms with E-state index in [0.717, 1.165) is 6.07 Å². The van der Waals surface area contributed by atoms with Crippen LogP contribution in [0.15, 0.2) is 46.9 Å². The summed E-state index contributed by atoms with van der Waals surface area (Å²) in [5.74, 6) is -1.32. The number of rotatable bonds is 5. The summed E-state index contributed by atoms with van der Waals surface area (Å²) >= 11 is 3.12. The van der Waals surface area contributed by atoms with Gasteiger partial charge in [0.05, 0.1) is 15.0 Å². The van der Waals surface area contributed by atoms with Crippen molar-refractivity contribution in [3.63, 3.8) is 0 Å². The van der Waals surface area contributed by atoms with Crippen molar-refractivity contribution < 1.29 is 18.8 Å². The molecule has 0 N–H and O–H groups in total. The molecule has 0 spiro atoms. The van der Waals surface area contributed by atoms with Crippen molar-refractivity contribution in [2.75, 3.05) is 6.61 Å². The Morgan fingerprint density at radius 2 is 1.95 bits per heavy atom. The summed E-state index contributed by atoms with van der Waals surface area (Å²) in [4.78, 5) is 22.2. The Balaban J connectivity index is 2.19. The van der Waals surface area contributed by atoms with Gasteiger partial charge < -0.3 is 4.74 Å². The van der Waals surface area contributed by atoms with Crippen molar-refractivity contribution in [2.45, 2.75) is 0 Å². The number of nitrogens with zero attached hydrogens (tertiary/aromatic N) is 1. The maximum Gasteiger partial charge on any atom is 0.312 e. The summed E-state index contributed by atoms with van der Waals surface area (Å²) in [6, 6.07) is 9.77. The standard InChI is InChI=1S/C14H9BrFNO4/c15-10-5-3-7-12(17(19)20)14(10)21-8-13(18)9-4-1-2-6-11(9)16/h1-7H,8H2. The van der Waals surface area contributed by atoms with E-state index in [-0.39, 0.29) is 17.0 Å². The number of nitro benzene ring substituents is 1. The van der Waals surface area contributed by atoms with Crippen molar-refractivity contribution in [1.29, 1.82) is 0 Å². The van der Waals surface area contributed by atoms with Gasteiger partial charge in [-0.25, -0.2) is 4.39 Å². The summed E-state index contributed by atoms with van der Waals surface area (Å²) in [7, 11) is 0. The highest BCUT2D eigenvalue weighted by Gasteiger charge is 2.20. The molecule has 2 aromatic carbocycles. The molecule has 5 nitrogen and oxygen atoms in total. The fourth-order valence-electron chi connectivity index (χ4n) is 1.69. The van der Waals surface area contributed by atoms with E-state index in [1.165, 1.54) is 30.3 Å². The number of ether oxygens (including phenoxy) is 1. The Hall–Kier alpha value is -2.28. The first-order valence-corrected chi connectivity index (χ1v) is 6.63. The number of carbonyl (C=O) groups excluding carboxylic acids is 1. The van der Waals surface area contributed by atoms with Crippen molar-refractivity contribution in [3.05, 3.63) is 68.4 Å². The Morgan fingerprint density at radius 3 is 2.62 bits per heavy atom. The monoisotopic (exact) mass is 353 g/mol. The third kappa shape index (κ3) is 3.43. The SMILES string of the molecule is O=C(COc1c(Br)cccc1[N+](=O)[O-])c1ccccc1F. The van der Waals surface area contributed by atoms with Crippen molar-refractivity contribution in [2.24, 2.45) is 0 Å². The summed E-state index contributed by atoms with van der Waals surface area (Å²) in [6.07, 6.45) is 0. The molecule has 0 aliphatic carbocycles. The largest absolute Gasteiger partial charge is 0.478 e. The number of ketones is 1. The van der Waals surface area contributed by atoms with Crippen LogP contribution in [0.5, 0.6) is 5.75 Å². The van der Waals surface area contributed by atoms with E-state index in [2.05, 4.69) is 15.9 Å². The minimum absolute atomic E-state index is 0.0628. The molecule has 0 aromatic heterocycles. The van der Waals surface area contributed by atoms with E-state index in [0.29, 0.717) is 4.47 Å². The second-order valence-corrected chi connectivity index (χ2v) is 4.89. The van der Waals surface area contributed by atoms with Crippen LogP contribution in [0.2, 0.25) is 0 Å². The van der Waals surface area contributed by atoms with Gasteiger partial charge in [0.1, 0.15) is 5.82 Å². The molecule has 7 heteroatoms. The van der Waals surface area contributed by atoms with Crippen LogP contribution in [0.1, 0.15) is 10.4 Å². The van der Waals surface area contributed by atoms with E-state index in [4.69, 9.17) is 4.74 Å². The second kappa shape index (κ2) is 6.45. The molecule has 0 saturated heterocycles. The Labute approximate surface area is 127 Å². The molecule has 0 heterocycles. The summed E-state index contributed by atoms with van der Waals surface area (Å²) in [5, 5.41) is 10.9. The molecule has 0 bridgehead atoms. The lowest BCUT2D eigenvalue weighted by atomic mass is 10.1. The Morgan fingerprint density at radius 1 is 1.24 bits per heavy atom. The minimum atomic E-state index is -0.660. The van der Waals surface area contributed by atoms with E-state index in [1.807, 2.05) is 0 Å². The number of hydrogen-bond donors (Lipinski definition) is 0. The second-order valence-electron chi connectivity index (χ2n) is 4.04. The fraction of sp³-hybridized carbons (Fsp3) is 0.0714. The normalized spacial score (nSPS) is 10.2. The average molecular weight is 354 g/mol. The lowest BCUT2D eigenvalue weighted by Gasteiger charge is -2.08.